The Balaban J connectivity index is 1.95. The first kappa shape index (κ1) is 13.9. The van der Waals surface area contributed by atoms with Gasteiger partial charge in [0.2, 0.25) is 0 Å². The van der Waals surface area contributed by atoms with Crippen molar-refractivity contribution in [3.63, 3.8) is 0 Å². The van der Waals surface area contributed by atoms with E-state index < -0.39 is 5.97 Å². The zero-order chi connectivity index (χ0) is 14.9. The molecule has 3 rings (SSSR count). The number of hydrogen-bond acceptors (Lipinski definition) is 4. The Morgan fingerprint density at radius 1 is 1.38 bits per heavy atom. The number of nitrogens with zero attached hydrogens (tertiary/aromatic N) is 4. The van der Waals surface area contributed by atoms with Crippen molar-refractivity contribution < 1.29 is 9.90 Å². The molecule has 2 heterocycles. The molecular weight excluding hydrogens is 268 g/mol. The van der Waals surface area contributed by atoms with Gasteiger partial charge in [0.15, 0.2) is 5.65 Å². The van der Waals surface area contributed by atoms with Crippen LogP contribution in [0.1, 0.15) is 38.5 Å². The summed E-state index contributed by atoms with van der Waals surface area (Å²) in [6, 6.07) is 3.75. The van der Waals surface area contributed by atoms with Gasteiger partial charge in [0, 0.05) is 19.3 Å². The molecule has 112 valence electrons. The van der Waals surface area contributed by atoms with Crippen LogP contribution in [-0.2, 0) is 4.79 Å². The smallest absolute Gasteiger partial charge is 0.305 e. The van der Waals surface area contributed by atoms with E-state index in [4.69, 9.17) is 0 Å². The van der Waals surface area contributed by atoms with Crippen molar-refractivity contribution in [1.82, 2.24) is 14.6 Å². The normalized spacial score (nSPS) is 17.8. The van der Waals surface area contributed by atoms with E-state index in [0.29, 0.717) is 0 Å². The summed E-state index contributed by atoms with van der Waals surface area (Å²) in [5, 5.41) is 13.4. The van der Waals surface area contributed by atoms with Crippen LogP contribution in [0.3, 0.4) is 0 Å². The van der Waals surface area contributed by atoms with Gasteiger partial charge in [-0.05, 0) is 18.9 Å². The van der Waals surface area contributed by atoms with Gasteiger partial charge in [0.1, 0.15) is 5.82 Å². The predicted molar refractivity (Wildman–Crippen MR) is 79.5 cm³/mol. The standard InChI is InChI=1S/C15H20N4O2/c1-18(12-6-10-19-13(17-12)5-9-16-19)15(11-14(20)21)7-3-2-4-8-15/h5-6,9-10H,2-4,7-8,11H2,1H3,(H,20,21). The van der Waals surface area contributed by atoms with E-state index in [1.807, 2.05) is 25.4 Å². The maximum atomic E-state index is 11.3. The van der Waals surface area contributed by atoms with Crippen LogP contribution in [0, 0.1) is 0 Å². The number of fused-ring (bicyclic) bond motifs is 1. The molecule has 0 unspecified atom stereocenters. The monoisotopic (exact) mass is 288 g/mol. The number of carboxylic acids is 1. The lowest BCUT2D eigenvalue weighted by Crippen LogP contribution is -2.50. The Hall–Kier alpha value is -2.11. The van der Waals surface area contributed by atoms with Crippen LogP contribution in [0.5, 0.6) is 0 Å². The highest BCUT2D eigenvalue weighted by Crippen LogP contribution is 2.37. The van der Waals surface area contributed by atoms with E-state index in [0.717, 1.165) is 37.1 Å². The molecule has 0 amide bonds. The highest BCUT2D eigenvalue weighted by molar-refractivity contribution is 5.69. The van der Waals surface area contributed by atoms with Crippen LogP contribution >= 0.6 is 0 Å². The minimum Gasteiger partial charge on any atom is -0.481 e. The third-order valence-corrected chi connectivity index (χ3v) is 4.56. The van der Waals surface area contributed by atoms with Crippen LogP contribution in [0.25, 0.3) is 5.65 Å². The molecule has 0 bridgehead atoms. The molecule has 21 heavy (non-hydrogen) atoms. The first-order chi connectivity index (χ1) is 10.1. The largest absolute Gasteiger partial charge is 0.481 e. The van der Waals surface area contributed by atoms with Crippen molar-refractivity contribution in [1.29, 1.82) is 0 Å². The van der Waals surface area contributed by atoms with Gasteiger partial charge in [0.25, 0.3) is 0 Å². The predicted octanol–water partition coefficient (Wildman–Crippen LogP) is 2.34. The molecule has 2 aromatic rings. The van der Waals surface area contributed by atoms with Gasteiger partial charge in [-0.25, -0.2) is 9.50 Å². The van der Waals surface area contributed by atoms with Crippen molar-refractivity contribution in [2.75, 3.05) is 11.9 Å². The quantitative estimate of drug-likeness (QED) is 0.935. The average molecular weight is 288 g/mol. The lowest BCUT2D eigenvalue weighted by molar-refractivity contribution is -0.138. The first-order valence-corrected chi connectivity index (χ1v) is 7.37. The Bertz CT molecular complexity index is 646. The fourth-order valence-electron chi connectivity index (χ4n) is 3.35. The number of carbonyl (C=O) groups is 1. The Labute approximate surface area is 123 Å². The minimum absolute atomic E-state index is 0.162. The van der Waals surface area contributed by atoms with Gasteiger partial charge >= 0.3 is 5.97 Å². The molecule has 0 atom stereocenters. The van der Waals surface area contributed by atoms with E-state index in [-0.39, 0.29) is 12.0 Å². The summed E-state index contributed by atoms with van der Waals surface area (Å²) < 4.78 is 1.71. The first-order valence-electron chi connectivity index (χ1n) is 7.37. The highest BCUT2D eigenvalue weighted by atomic mass is 16.4. The number of carboxylic acid groups (broad SMARTS) is 1. The summed E-state index contributed by atoms with van der Waals surface area (Å²) in [7, 11) is 1.96. The zero-order valence-electron chi connectivity index (χ0n) is 12.2. The second-order valence-corrected chi connectivity index (χ2v) is 5.83. The molecule has 1 aliphatic carbocycles. The lowest BCUT2D eigenvalue weighted by atomic mass is 9.78. The lowest BCUT2D eigenvalue weighted by Gasteiger charge is -2.44. The summed E-state index contributed by atoms with van der Waals surface area (Å²) in [5.41, 5.74) is 0.454. The maximum Gasteiger partial charge on any atom is 0.305 e. The Kier molecular flexibility index (Phi) is 3.53. The van der Waals surface area contributed by atoms with Gasteiger partial charge < -0.3 is 10.0 Å². The van der Waals surface area contributed by atoms with Crippen molar-refractivity contribution in [2.45, 2.75) is 44.1 Å². The van der Waals surface area contributed by atoms with Gasteiger partial charge in [-0.3, -0.25) is 4.79 Å². The number of aliphatic carboxylic acids is 1. The number of hydrogen-bond donors (Lipinski definition) is 1. The Morgan fingerprint density at radius 2 is 2.14 bits per heavy atom. The summed E-state index contributed by atoms with van der Waals surface area (Å²) in [6.45, 7) is 0. The fourth-order valence-corrected chi connectivity index (χ4v) is 3.35. The highest BCUT2D eigenvalue weighted by Gasteiger charge is 2.38. The van der Waals surface area contributed by atoms with E-state index in [9.17, 15) is 9.90 Å². The molecule has 0 aromatic carbocycles. The van der Waals surface area contributed by atoms with Crippen LogP contribution in [-0.4, -0.2) is 38.3 Å². The van der Waals surface area contributed by atoms with E-state index >= 15 is 0 Å². The van der Waals surface area contributed by atoms with Gasteiger partial charge in [-0.15, -0.1) is 0 Å². The van der Waals surface area contributed by atoms with Gasteiger partial charge in [-0.2, -0.15) is 5.10 Å². The summed E-state index contributed by atoms with van der Waals surface area (Å²) in [6.07, 6.45) is 8.88. The third kappa shape index (κ3) is 2.57. The summed E-state index contributed by atoms with van der Waals surface area (Å²) >= 11 is 0. The number of anilines is 1. The molecule has 1 saturated carbocycles. The molecule has 0 spiro atoms. The molecule has 1 aliphatic rings. The number of aromatic nitrogens is 3. The molecule has 0 radical (unpaired) electrons. The van der Waals surface area contributed by atoms with E-state index in [2.05, 4.69) is 15.0 Å². The second-order valence-electron chi connectivity index (χ2n) is 5.83. The summed E-state index contributed by atoms with van der Waals surface area (Å²) in [4.78, 5) is 18.0. The maximum absolute atomic E-state index is 11.3. The zero-order valence-corrected chi connectivity index (χ0v) is 12.2. The summed E-state index contributed by atoms with van der Waals surface area (Å²) in [5.74, 6) is 0.0698. The SMILES string of the molecule is CN(c1ccn2nccc2n1)C1(CC(=O)O)CCCCC1. The van der Waals surface area contributed by atoms with E-state index in [1.165, 1.54) is 6.42 Å². The topological polar surface area (TPSA) is 70.7 Å². The van der Waals surface area contributed by atoms with E-state index in [1.54, 1.807) is 10.7 Å². The molecule has 6 nitrogen and oxygen atoms in total. The van der Waals surface area contributed by atoms with Crippen molar-refractivity contribution in [2.24, 2.45) is 0 Å². The number of rotatable bonds is 4. The van der Waals surface area contributed by atoms with Gasteiger partial charge in [0.05, 0.1) is 18.2 Å². The molecular formula is C15H20N4O2. The van der Waals surface area contributed by atoms with Crippen molar-refractivity contribution in [3.05, 3.63) is 24.5 Å². The van der Waals surface area contributed by atoms with Crippen molar-refractivity contribution in [3.8, 4) is 0 Å². The second kappa shape index (κ2) is 5.35. The van der Waals surface area contributed by atoms with Crippen LogP contribution in [0.2, 0.25) is 0 Å². The Morgan fingerprint density at radius 3 is 2.86 bits per heavy atom. The average Bonchev–Trinajstić information content (AvgIpc) is 2.94. The molecule has 6 heteroatoms. The molecule has 1 fully saturated rings. The van der Waals surface area contributed by atoms with Crippen LogP contribution < -0.4 is 4.90 Å². The van der Waals surface area contributed by atoms with Crippen LogP contribution in [0.15, 0.2) is 24.5 Å². The molecule has 1 N–H and O–H groups in total. The van der Waals surface area contributed by atoms with Crippen molar-refractivity contribution >= 4 is 17.4 Å². The molecule has 0 saturated heterocycles. The molecule has 0 aliphatic heterocycles. The minimum atomic E-state index is -0.741. The fraction of sp³-hybridized carbons (Fsp3) is 0.533. The third-order valence-electron chi connectivity index (χ3n) is 4.56. The van der Waals surface area contributed by atoms with Crippen LogP contribution in [0.4, 0.5) is 5.82 Å². The van der Waals surface area contributed by atoms with Gasteiger partial charge in [-0.1, -0.05) is 19.3 Å². The molecule has 2 aromatic heterocycles.